The fourth-order valence-corrected chi connectivity index (χ4v) is 3.48. The average molecular weight is 357 g/mol. The van der Waals surface area contributed by atoms with E-state index in [0.29, 0.717) is 24.6 Å². The molecule has 0 aliphatic carbocycles. The van der Waals surface area contributed by atoms with Crippen molar-refractivity contribution in [1.29, 1.82) is 0 Å². The van der Waals surface area contributed by atoms with Crippen LogP contribution in [-0.2, 0) is 11.2 Å². The Hall–Kier alpha value is -2.47. The van der Waals surface area contributed by atoms with Crippen molar-refractivity contribution in [1.82, 2.24) is 9.88 Å². The van der Waals surface area contributed by atoms with Gasteiger partial charge < -0.3 is 15.0 Å². The second kappa shape index (κ2) is 8.27. The Bertz CT molecular complexity index is 751. The number of hydrogen-bond acceptors (Lipinski definition) is 4. The highest BCUT2D eigenvalue weighted by Gasteiger charge is 2.32. The van der Waals surface area contributed by atoms with E-state index in [0.717, 1.165) is 18.4 Å². The van der Waals surface area contributed by atoms with Gasteiger partial charge in [-0.3, -0.25) is 4.79 Å². The van der Waals surface area contributed by atoms with Gasteiger partial charge in [-0.15, -0.1) is 0 Å². The third-order valence-electron chi connectivity index (χ3n) is 4.89. The first-order chi connectivity index (χ1) is 12.6. The van der Waals surface area contributed by atoms with Gasteiger partial charge in [0.15, 0.2) is 0 Å². The Morgan fingerprint density at radius 3 is 2.77 bits per heavy atom. The van der Waals surface area contributed by atoms with Crippen LogP contribution < -0.4 is 5.32 Å². The number of anilines is 1. The summed E-state index contributed by atoms with van der Waals surface area (Å²) in [6.45, 7) is 1.24. The van der Waals surface area contributed by atoms with E-state index in [1.54, 1.807) is 32.4 Å². The molecule has 2 atom stereocenters. The molecule has 0 spiro atoms. The van der Waals surface area contributed by atoms with Crippen molar-refractivity contribution in [2.24, 2.45) is 5.92 Å². The van der Waals surface area contributed by atoms with Crippen LogP contribution in [-0.4, -0.2) is 49.1 Å². The molecule has 0 saturated carbocycles. The molecule has 1 aliphatic rings. The summed E-state index contributed by atoms with van der Waals surface area (Å²) >= 11 is 0. The highest BCUT2D eigenvalue weighted by molar-refractivity contribution is 5.92. The number of nitrogens with zero attached hydrogens (tertiary/aromatic N) is 2. The van der Waals surface area contributed by atoms with E-state index < -0.39 is 0 Å². The fraction of sp³-hybridized carbons (Fsp3) is 0.400. The molecule has 1 fully saturated rings. The molecule has 138 valence electrons. The Morgan fingerprint density at radius 2 is 2.08 bits per heavy atom. The number of methoxy groups -OCH3 is 1. The van der Waals surface area contributed by atoms with Crippen LogP contribution >= 0.6 is 0 Å². The fourth-order valence-electron chi connectivity index (χ4n) is 3.48. The van der Waals surface area contributed by atoms with Gasteiger partial charge in [0.05, 0.1) is 6.10 Å². The minimum absolute atomic E-state index is 0.0687. The van der Waals surface area contributed by atoms with Crippen molar-refractivity contribution >= 4 is 11.7 Å². The number of carbonyl (C=O) groups excluding carboxylic acids is 1. The Labute approximate surface area is 153 Å². The molecule has 2 heterocycles. The normalized spacial score (nSPS) is 20.0. The van der Waals surface area contributed by atoms with Crippen LogP contribution in [0.25, 0.3) is 0 Å². The predicted octanol–water partition coefficient (Wildman–Crippen LogP) is 2.98. The van der Waals surface area contributed by atoms with Crippen LogP contribution in [0.5, 0.6) is 0 Å². The van der Waals surface area contributed by atoms with Gasteiger partial charge in [0.2, 0.25) is 0 Å². The zero-order valence-corrected chi connectivity index (χ0v) is 15.1. The Kier molecular flexibility index (Phi) is 5.83. The van der Waals surface area contributed by atoms with Crippen LogP contribution in [0.2, 0.25) is 0 Å². The lowest BCUT2D eigenvalue weighted by Gasteiger charge is -2.38. The maximum Gasteiger partial charge on any atom is 0.272 e. The molecular weight excluding hydrogens is 333 g/mol. The summed E-state index contributed by atoms with van der Waals surface area (Å²) in [5.41, 5.74) is 1.48. The summed E-state index contributed by atoms with van der Waals surface area (Å²) in [6, 6.07) is 11.9. The molecule has 0 bridgehead atoms. The van der Waals surface area contributed by atoms with Gasteiger partial charge in [0, 0.05) is 33.2 Å². The summed E-state index contributed by atoms with van der Waals surface area (Å²) in [7, 11) is 3.48. The molecule has 1 N–H and O–H groups in total. The van der Waals surface area contributed by atoms with E-state index >= 15 is 0 Å². The maximum atomic E-state index is 13.1. The van der Waals surface area contributed by atoms with E-state index in [4.69, 9.17) is 4.74 Å². The standard InChI is InChI=1S/C20H24FN3O2/c1-22-19-5-3-4-17(23-19)20(25)24-11-10-18(26-2)15(13-24)12-14-6-8-16(21)9-7-14/h3-9,15,18H,10-13H2,1-2H3,(H,22,23)/t15-,18-/m1/s1. The number of carbonyl (C=O) groups is 1. The largest absolute Gasteiger partial charge is 0.381 e. The monoisotopic (exact) mass is 357 g/mol. The Balaban J connectivity index is 1.73. The number of piperidine rings is 1. The van der Waals surface area contributed by atoms with E-state index in [9.17, 15) is 9.18 Å². The number of nitrogens with one attached hydrogen (secondary N) is 1. The lowest BCUT2D eigenvalue weighted by atomic mass is 9.88. The third-order valence-corrected chi connectivity index (χ3v) is 4.89. The number of benzene rings is 1. The Morgan fingerprint density at radius 1 is 1.31 bits per heavy atom. The predicted molar refractivity (Wildman–Crippen MR) is 98.7 cm³/mol. The number of amides is 1. The zero-order valence-electron chi connectivity index (χ0n) is 15.1. The molecule has 1 aromatic heterocycles. The third kappa shape index (κ3) is 4.19. The van der Waals surface area contributed by atoms with E-state index in [1.807, 2.05) is 17.0 Å². The number of halogens is 1. The summed E-state index contributed by atoms with van der Waals surface area (Å²) in [4.78, 5) is 19.0. The van der Waals surface area contributed by atoms with E-state index in [1.165, 1.54) is 12.1 Å². The summed E-state index contributed by atoms with van der Waals surface area (Å²) in [5.74, 6) is 0.523. The van der Waals surface area contributed by atoms with Gasteiger partial charge in [0.25, 0.3) is 5.91 Å². The molecule has 26 heavy (non-hydrogen) atoms. The second-order valence-electron chi connectivity index (χ2n) is 6.56. The van der Waals surface area contributed by atoms with Crippen LogP contribution in [0.1, 0.15) is 22.5 Å². The van der Waals surface area contributed by atoms with Crippen molar-refractivity contribution in [2.45, 2.75) is 18.9 Å². The molecule has 3 rings (SSSR count). The lowest BCUT2D eigenvalue weighted by Crippen LogP contribution is -2.47. The van der Waals surface area contributed by atoms with Crippen LogP contribution in [0, 0.1) is 11.7 Å². The molecule has 6 heteroatoms. The highest BCUT2D eigenvalue weighted by atomic mass is 19.1. The van der Waals surface area contributed by atoms with Crippen molar-refractivity contribution in [3.05, 3.63) is 59.5 Å². The number of hydrogen-bond donors (Lipinski definition) is 1. The first kappa shape index (κ1) is 18.3. The summed E-state index contributed by atoms with van der Waals surface area (Å²) in [5, 5.41) is 2.95. The van der Waals surface area contributed by atoms with Gasteiger partial charge in [-0.05, 0) is 42.7 Å². The van der Waals surface area contributed by atoms with Crippen molar-refractivity contribution in [3.8, 4) is 0 Å². The minimum atomic E-state index is -0.243. The summed E-state index contributed by atoms with van der Waals surface area (Å²) in [6.07, 6.45) is 1.60. The maximum absolute atomic E-state index is 13.1. The average Bonchev–Trinajstić information content (AvgIpc) is 2.69. The first-order valence-electron chi connectivity index (χ1n) is 8.82. The highest BCUT2D eigenvalue weighted by Crippen LogP contribution is 2.25. The molecule has 5 nitrogen and oxygen atoms in total. The van der Waals surface area contributed by atoms with Gasteiger partial charge in [-0.1, -0.05) is 18.2 Å². The number of rotatable bonds is 5. The van der Waals surface area contributed by atoms with Crippen molar-refractivity contribution in [2.75, 3.05) is 32.6 Å². The molecule has 1 aliphatic heterocycles. The molecule has 1 saturated heterocycles. The van der Waals surface area contributed by atoms with Crippen LogP contribution in [0.4, 0.5) is 10.2 Å². The topological polar surface area (TPSA) is 54.5 Å². The molecule has 0 unspecified atom stereocenters. The van der Waals surface area contributed by atoms with Gasteiger partial charge >= 0.3 is 0 Å². The smallest absolute Gasteiger partial charge is 0.272 e. The van der Waals surface area contributed by atoms with Gasteiger partial charge in [-0.25, -0.2) is 9.37 Å². The molecule has 1 amide bonds. The SMILES string of the molecule is CNc1cccc(C(=O)N2CC[C@@H](OC)[C@H](Cc3ccc(F)cc3)C2)n1. The van der Waals surface area contributed by atoms with Gasteiger partial charge in [-0.2, -0.15) is 0 Å². The molecule has 0 radical (unpaired) electrons. The first-order valence-corrected chi connectivity index (χ1v) is 8.82. The van der Waals surface area contributed by atoms with Crippen LogP contribution in [0.15, 0.2) is 42.5 Å². The van der Waals surface area contributed by atoms with Gasteiger partial charge in [0.1, 0.15) is 17.3 Å². The molecule has 1 aromatic carbocycles. The van der Waals surface area contributed by atoms with Crippen molar-refractivity contribution in [3.63, 3.8) is 0 Å². The van der Waals surface area contributed by atoms with E-state index in [2.05, 4.69) is 10.3 Å². The number of aromatic nitrogens is 1. The second-order valence-corrected chi connectivity index (χ2v) is 6.56. The minimum Gasteiger partial charge on any atom is -0.381 e. The zero-order chi connectivity index (χ0) is 18.5. The van der Waals surface area contributed by atoms with Crippen LogP contribution in [0.3, 0.4) is 0 Å². The molecular formula is C20H24FN3O2. The quantitative estimate of drug-likeness (QED) is 0.894. The number of ether oxygens (including phenoxy) is 1. The molecule has 2 aromatic rings. The summed E-state index contributed by atoms with van der Waals surface area (Å²) < 4.78 is 18.8. The number of likely N-dealkylation sites (tertiary alicyclic amines) is 1. The number of pyridine rings is 1. The van der Waals surface area contributed by atoms with E-state index in [-0.39, 0.29) is 23.7 Å². The lowest BCUT2D eigenvalue weighted by molar-refractivity contribution is -0.00317. The van der Waals surface area contributed by atoms with Crippen molar-refractivity contribution < 1.29 is 13.9 Å².